The summed E-state index contributed by atoms with van der Waals surface area (Å²) < 4.78 is 49.1. The number of hydrogen-bond donors (Lipinski definition) is 0. The Morgan fingerprint density at radius 3 is 2.23 bits per heavy atom. The van der Waals surface area contributed by atoms with Crippen LogP contribution in [0.4, 0.5) is 17.3 Å². The van der Waals surface area contributed by atoms with Gasteiger partial charge in [-0.3, -0.25) is 0 Å². The zero-order valence-corrected chi connectivity index (χ0v) is 6.27. The first-order valence-corrected chi connectivity index (χ1v) is 3.35. The van der Waals surface area contributed by atoms with Gasteiger partial charge in [0.2, 0.25) is 0 Å². The second-order valence-electron chi connectivity index (χ2n) is 2.39. The van der Waals surface area contributed by atoms with Crippen molar-refractivity contribution in [3.63, 3.8) is 0 Å². The van der Waals surface area contributed by atoms with Crippen molar-refractivity contribution < 1.29 is 17.3 Å². The highest BCUT2D eigenvalue weighted by molar-refractivity contribution is 6.74. The molecule has 68 valence electrons. The molecule has 1 nitrogen and oxygen atoms in total. The van der Waals surface area contributed by atoms with Crippen LogP contribution >= 0.6 is 0 Å². The van der Waals surface area contributed by atoms with E-state index in [1.165, 1.54) is 6.07 Å². The van der Waals surface area contributed by atoms with E-state index in [2.05, 4.69) is 0 Å². The summed E-state index contributed by atoms with van der Waals surface area (Å²) in [5, 5.41) is 8.28. The minimum Gasteiger partial charge on any atom is -0.445 e. The van der Waals surface area contributed by atoms with Crippen molar-refractivity contribution >= 4 is 12.4 Å². The van der Waals surface area contributed by atoms with Gasteiger partial charge < -0.3 is 12.9 Å². The normalized spacial score (nSPS) is 11.0. The second-order valence-corrected chi connectivity index (χ2v) is 2.39. The van der Waals surface area contributed by atoms with Crippen LogP contribution in [0.5, 0.6) is 0 Å². The molecule has 0 amide bonds. The van der Waals surface area contributed by atoms with Gasteiger partial charge in [-0.2, -0.15) is 5.26 Å². The number of rotatable bonds is 1. The molecular weight excluding hydrogens is 185 g/mol. The fraction of sp³-hybridized carbons (Fsp3) is 0. The predicted molar refractivity (Wildman–Crippen MR) is 39.8 cm³/mol. The van der Waals surface area contributed by atoms with E-state index in [0.29, 0.717) is 6.07 Å². The van der Waals surface area contributed by atoms with Crippen molar-refractivity contribution in [2.75, 3.05) is 0 Å². The summed E-state index contributed by atoms with van der Waals surface area (Å²) in [5.41, 5.74) is -2.11. The highest BCUT2D eigenvalue weighted by atomic mass is 19.4. The van der Waals surface area contributed by atoms with Crippen LogP contribution in [0.1, 0.15) is 5.56 Å². The first-order chi connectivity index (χ1) is 5.96. The molecule has 13 heavy (non-hydrogen) atoms. The number of hydrogen-bond acceptors (Lipinski definition) is 1. The van der Waals surface area contributed by atoms with E-state index in [1.807, 2.05) is 0 Å². The number of benzene rings is 1. The molecule has 0 N–H and O–H groups in total. The molecule has 0 spiro atoms. The Labute approximate surface area is 71.7 Å². The number of nitrogens with zero attached hydrogens (tertiary/aromatic N) is 1. The summed E-state index contributed by atoms with van der Waals surface area (Å²) in [5.74, 6) is -1.14. The van der Waals surface area contributed by atoms with Gasteiger partial charge >= 0.3 is 6.98 Å². The molecule has 6 heteroatoms. The summed E-state index contributed by atoms with van der Waals surface area (Å²) in [4.78, 5) is 0. The Balaban J connectivity index is 3.40. The molecule has 0 atom stereocenters. The molecule has 1 rings (SSSR count). The summed E-state index contributed by atoms with van der Waals surface area (Å²) in [6, 6.07) is 3.64. The molecule has 0 bridgehead atoms. The van der Waals surface area contributed by atoms with Gasteiger partial charge in [0.25, 0.3) is 0 Å². The fourth-order valence-corrected chi connectivity index (χ4v) is 0.932. The maximum absolute atomic E-state index is 12.7. The average molecular weight is 188 g/mol. The largest absolute Gasteiger partial charge is 0.511 e. The SMILES string of the molecule is N#Cc1c(F)cccc1[B-](F)(F)F. The fourth-order valence-electron chi connectivity index (χ4n) is 0.932. The number of halogens is 4. The number of nitriles is 1. The Kier molecular flexibility index (Phi) is 2.28. The molecule has 0 aromatic heterocycles. The topological polar surface area (TPSA) is 23.8 Å². The van der Waals surface area contributed by atoms with Crippen molar-refractivity contribution in [3.05, 3.63) is 29.6 Å². The van der Waals surface area contributed by atoms with Crippen LogP contribution in [0.3, 0.4) is 0 Å². The maximum atomic E-state index is 12.7. The van der Waals surface area contributed by atoms with Crippen LogP contribution in [0.25, 0.3) is 0 Å². The molecule has 0 heterocycles. The zero-order chi connectivity index (χ0) is 10.1. The van der Waals surface area contributed by atoms with Gasteiger partial charge in [-0.05, 0) is 6.07 Å². The molecule has 1 aromatic rings. The van der Waals surface area contributed by atoms with Gasteiger partial charge in [-0.15, -0.1) is 0 Å². The molecule has 0 aliphatic heterocycles. The van der Waals surface area contributed by atoms with Crippen LogP contribution in [-0.4, -0.2) is 6.98 Å². The predicted octanol–water partition coefficient (Wildman–Crippen LogP) is 1.75. The molecule has 0 aliphatic rings. The minimum atomic E-state index is -5.32. The van der Waals surface area contributed by atoms with Crippen molar-refractivity contribution in [3.8, 4) is 6.07 Å². The van der Waals surface area contributed by atoms with Crippen LogP contribution in [-0.2, 0) is 0 Å². The monoisotopic (exact) mass is 188 g/mol. The van der Waals surface area contributed by atoms with Crippen molar-refractivity contribution in [2.45, 2.75) is 0 Å². The second kappa shape index (κ2) is 3.09. The van der Waals surface area contributed by atoms with Gasteiger partial charge in [0.1, 0.15) is 5.82 Å². The zero-order valence-electron chi connectivity index (χ0n) is 6.27. The van der Waals surface area contributed by atoms with Gasteiger partial charge in [-0.1, -0.05) is 17.6 Å². The van der Waals surface area contributed by atoms with Gasteiger partial charge in [0.05, 0.1) is 11.6 Å². The van der Waals surface area contributed by atoms with E-state index >= 15 is 0 Å². The molecule has 0 fully saturated rings. The lowest BCUT2D eigenvalue weighted by Crippen LogP contribution is -2.36. The Bertz CT molecular complexity index is 366. The third-order valence-electron chi connectivity index (χ3n) is 1.51. The van der Waals surface area contributed by atoms with E-state index in [9.17, 15) is 17.3 Å². The third kappa shape index (κ3) is 1.80. The quantitative estimate of drug-likeness (QED) is 0.486. The van der Waals surface area contributed by atoms with Crippen LogP contribution in [0.2, 0.25) is 0 Å². The molecule has 0 unspecified atom stereocenters. The summed E-state index contributed by atoms with van der Waals surface area (Å²) in [6.45, 7) is -5.32. The van der Waals surface area contributed by atoms with Crippen LogP contribution in [0, 0.1) is 17.1 Å². The highest BCUT2D eigenvalue weighted by Crippen LogP contribution is 2.13. The summed E-state index contributed by atoms with van der Waals surface area (Å²) >= 11 is 0. The lowest BCUT2D eigenvalue weighted by molar-refractivity contribution is 0.499. The summed E-state index contributed by atoms with van der Waals surface area (Å²) in [6.07, 6.45) is 0. The standard InChI is InChI=1S/C7H3BF4N/c9-7-3-1-2-6(5(7)4-13)8(10,11)12/h1-3H/q-1. The Hall–Kier alpha value is -1.51. The average Bonchev–Trinajstić information content (AvgIpc) is 2.02. The van der Waals surface area contributed by atoms with E-state index in [0.717, 1.165) is 12.1 Å². The third-order valence-corrected chi connectivity index (χ3v) is 1.51. The first kappa shape index (κ1) is 9.58. The lowest BCUT2D eigenvalue weighted by atomic mass is 9.77. The minimum absolute atomic E-state index is 0.696. The lowest BCUT2D eigenvalue weighted by Gasteiger charge is -2.16. The first-order valence-electron chi connectivity index (χ1n) is 3.35. The van der Waals surface area contributed by atoms with Crippen molar-refractivity contribution in [2.24, 2.45) is 0 Å². The molecule has 0 saturated heterocycles. The highest BCUT2D eigenvalue weighted by Gasteiger charge is 2.29. The van der Waals surface area contributed by atoms with E-state index in [4.69, 9.17) is 5.26 Å². The van der Waals surface area contributed by atoms with Gasteiger partial charge in [0, 0.05) is 0 Å². The Morgan fingerprint density at radius 1 is 1.23 bits per heavy atom. The van der Waals surface area contributed by atoms with E-state index in [-0.39, 0.29) is 0 Å². The molecule has 0 saturated carbocycles. The molecular formula is C7H3BF4N-. The van der Waals surface area contributed by atoms with Gasteiger partial charge in [-0.25, -0.2) is 4.39 Å². The smallest absolute Gasteiger partial charge is 0.445 e. The molecule has 0 aliphatic carbocycles. The van der Waals surface area contributed by atoms with Crippen molar-refractivity contribution in [1.82, 2.24) is 0 Å². The van der Waals surface area contributed by atoms with Crippen LogP contribution < -0.4 is 5.46 Å². The van der Waals surface area contributed by atoms with E-state index in [1.54, 1.807) is 0 Å². The molecule has 0 radical (unpaired) electrons. The van der Waals surface area contributed by atoms with Crippen LogP contribution in [0.15, 0.2) is 18.2 Å². The maximum Gasteiger partial charge on any atom is 0.511 e. The van der Waals surface area contributed by atoms with E-state index < -0.39 is 23.8 Å². The van der Waals surface area contributed by atoms with Gasteiger partial charge in [0.15, 0.2) is 0 Å². The summed E-state index contributed by atoms with van der Waals surface area (Å²) in [7, 11) is 0. The Morgan fingerprint density at radius 2 is 1.85 bits per heavy atom. The molecule has 1 aromatic carbocycles. The van der Waals surface area contributed by atoms with Crippen molar-refractivity contribution in [1.29, 1.82) is 5.26 Å².